The minimum absolute atomic E-state index is 0.112. The second-order valence-electron chi connectivity index (χ2n) is 8.01. The minimum atomic E-state index is 0.112. The normalized spacial score (nSPS) is 22.2. The third-order valence-electron chi connectivity index (χ3n) is 6.05. The highest BCUT2D eigenvalue weighted by atomic mass is 32.1. The molecule has 2 saturated heterocycles. The number of carbonyl (C=O) groups excluding carboxylic acids is 1. The standard InChI is InChI=1S/C22H30N4OS/c27-22(24-14-20-5-1-2-9-23-20)19-4-3-10-26(16-19)21-6-11-25(12-7-21)15-18-8-13-28-17-18/h1-2,5,8-9,13,17,19,21H,3-4,6-7,10-12,14-16H2,(H,24,27)/t19-/m0/s1. The fourth-order valence-electron chi connectivity index (χ4n) is 4.46. The van der Waals surface area contributed by atoms with E-state index < -0.39 is 0 Å². The molecular weight excluding hydrogens is 368 g/mol. The monoisotopic (exact) mass is 398 g/mol. The Hall–Kier alpha value is -1.76. The van der Waals surface area contributed by atoms with Crippen LogP contribution in [0.1, 0.15) is 36.9 Å². The molecule has 2 aromatic rings. The van der Waals surface area contributed by atoms with Gasteiger partial charge in [-0.2, -0.15) is 11.3 Å². The summed E-state index contributed by atoms with van der Waals surface area (Å²) < 4.78 is 0. The number of nitrogens with zero attached hydrogens (tertiary/aromatic N) is 3. The Balaban J connectivity index is 1.23. The van der Waals surface area contributed by atoms with Crippen LogP contribution < -0.4 is 5.32 Å². The van der Waals surface area contributed by atoms with Gasteiger partial charge in [-0.05, 0) is 79.8 Å². The summed E-state index contributed by atoms with van der Waals surface area (Å²) in [5, 5.41) is 7.51. The molecule has 2 aromatic heterocycles. The molecule has 0 saturated carbocycles. The Kier molecular flexibility index (Phi) is 6.73. The van der Waals surface area contributed by atoms with Crippen LogP contribution in [0.4, 0.5) is 0 Å². The van der Waals surface area contributed by atoms with Crippen LogP contribution in [0.2, 0.25) is 0 Å². The molecule has 6 heteroatoms. The van der Waals surface area contributed by atoms with E-state index in [2.05, 4.69) is 36.9 Å². The molecule has 1 amide bonds. The summed E-state index contributed by atoms with van der Waals surface area (Å²) in [5.41, 5.74) is 2.35. The fraction of sp³-hybridized carbons (Fsp3) is 0.545. The number of thiophene rings is 1. The number of nitrogens with one attached hydrogen (secondary N) is 1. The van der Waals surface area contributed by atoms with Crippen LogP contribution in [-0.2, 0) is 17.9 Å². The Morgan fingerprint density at radius 1 is 1.18 bits per heavy atom. The van der Waals surface area contributed by atoms with Crippen LogP contribution >= 0.6 is 11.3 Å². The number of carbonyl (C=O) groups is 1. The average Bonchev–Trinajstić information content (AvgIpc) is 3.26. The molecule has 0 aromatic carbocycles. The maximum absolute atomic E-state index is 12.7. The van der Waals surface area contributed by atoms with Gasteiger partial charge in [0, 0.05) is 25.3 Å². The Bertz CT molecular complexity index is 728. The fourth-order valence-corrected chi connectivity index (χ4v) is 5.12. The highest BCUT2D eigenvalue weighted by Gasteiger charge is 2.31. The van der Waals surface area contributed by atoms with Crippen LogP contribution in [0.25, 0.3) is 0 Å². The van der Waals surface area contributed by atoms with Crippen molar-refractivity contribution in [1.29, 1.82) is 0 Å². The summed E-state index contributed by atoms with van der Waals surface area (Å²) in [4.78, 5) is 22.1. The maximum atomic E-state index is 12.7. The smallest absolute Gasteiger partial charge is 0.224 e. The first-order valence-corrected chi connectivity index (χ1v) is 11.4. The molecule has 2 fully saturated rings. The minimum Gasteiger partial charge on any atom is -0.350 e. The van der Waals surface area contributed by atoms with Gasteiger partial charge in [0.25, 0.3) is 0 Å². The SMILES string of the molecule is O=C(NCc1ccccn1)[C@H]1CCCN(C2CCN(Cc3ccsc3)CC2)C1. The van der Waals surface area contributed by atoms with E-state index in [9.17, 15) is 4.79 Å². The molecule has 0 spiro atoms. The van der Waals surface area contributed by atoms with Gasteiger partial charge in [-0.15, -0.1) is 0 Å². The molecule has 0 bridgehead atoms. The summed E-state index contributed by atoms with van der Waals surface area (Å²) in [6.07, 6.45) is 6.33. The van der Waals surface area contributed by atoms with Crippen LogP contribution in [0.5, 0.6) is 0 Å². The molecule has 2 aliphatic heterocycles. The first-order chi connectivity index (χ1) is 13.8. The molecule has 4 heterocycles. The lowest BCUT2D eigenvalue weighted by Gasteiger charge is -2.42. The molecule has 1 N–H and O–H groups in total. The van der Waals surface area contributed by atoms with E-state index in [-0.39, 0.29) is 11.8 Å². The van der Waals surface area contributed by atoms with Crippen molar-refractivity contribution in [3.8, 4) is 0 Å². The van der Waals surface area contributed by atoms with Crippen LogP contribution in [-0.4, -0.2) is 52.9 Å². The first-order valence-electron chi connectivity index (χ1n) is 10.4. The lowest BCUT2D eigenvalue weighted by molar-refractivity contribution is -0.127. The molecule has 5 nitrogen and oxygen atoms in total. The Morgan fingerprint density at radius 3 is 2.82 bits per heavy atom. The van der Waals surface area contributed by atoms with E-state index in [0.29, 0.717) is 12.6 Å². The van der Waals surface area contributed by atoms with E-state index in [0.717, 1.165) is 51.3 Å². The number of pyridine rings is 1. The van der Waals surface area contributed by atoms with Crippen molar-refractivity contribution in [3.63, 3.8) is 0 Å². The highest BCUT2D eigenvalue weighted by molar-refractivity contribution is 7.07. The van der Waals surface area contributed by atoms with Gasteiger partial charge in [0.15, 0.2) is 0 Å². The third-order valence-corrected chi connectivity index (χ3v) is 6.79. The summed E-state index contributed by atoms with van der Waals surface area (Å²) in [6, 6.07) is 8.68. The van der Waals surface area contributed by atoms with Gasteiger partial charge in [-0.3, -0.25) is 19.6 Å². The Labute approximate surface area is 171 Å². The zero-order valence-electron chi connectivity index (χ0n) is 16.4. The van der Waals surface area contributed by atoms with Crippen molar-refractivity contribution in [2.45, 2.75) is 44.8 Å². The lowest BCUT2D eigenvalue weighted by atomic mass is 9.93. The van der Waals surface area contributed by atoms with E-state index in [4.69, 9.17) is 0 Å². The van der Waals surface area contributed by atoms with Crippen molar-refractivity contribution in [3.05, 3.63) is 52.5 Å². The largest absolute Gasteiger partial charge is 0.350 e. The Morgan fingerprint density at radius 2 is 2.07 bits per heavy atom. The maximum Gasteiger partial charge on any atom is 0.224 e. The van der Waals surface area contributed by atoms with Crippen LogP contribution in [0.15, 0.2) is 41.2 Å². The summed E-state index contributed by atoms with van der Waals surface area (Å²) in [5.74, 6) is 0.298. The van der Waals surface area contributed by atoms with Crippen molar-refractivity contribution in [2.75, 3.05) is 26.2 Å². The molecule has 28 heavy (non-hydrogen) atoms. The number of piperidine rings is 2. The van der Waals surface area contributed by atoms with Gasteiger partial charge in [0.2, 0.25) is 5.91 Å². The van der Waals surface area contributed by atoms with Gasteiger partial charge >= 0.3 is 0 Å². The van der Waals surface area contributed by atoms with Gasteiger partial charge in [0.1, 0.15) is 0 Å². The van der Waals surface area contributed by atoms with Crippen molar-refractivity contribution >= 4 is 17.2 Å². The number of amides is 1. The molecule has 0 unspecified atom stereocenters. The number of hydrogen-bond donors (Lipinski definition) is 1. The van der Waals surface area contributed by atoms with E-state index in [1.807, 2.05) is 18.2 Å². The quantitative estimate of drug-likeness (QED) is 0.812. The van der Waals surface area contributed by atoms with E-state index in [1.165, 1.54) is 18.4 Å². The zero-order valence-corrected chi connectivity index (χ0v) is 17.2. The summed E-state index contributed by atoms with van der Waals surface area (Å²) >= 11 is 1.78. The number of rotatable bonds is 6. The van der Waals surface area contributed by atoms with E-state index in [1.54, 1.807) is 17.5 Å². The molecule has 0 radical (unpaired) electrons. The average molecular weight is 399 g/mol. The predicted octanol–water partition coefficient (Wildman–Crippen LogP) is 3.14. The molecule has 0 aliphatic carbocycles. The molecular formula is C22H30N4OS. The molecule has 1 atom stereocenters. The van der Waals surface area contributed by atoms with Gasteiger partial charge in [-0.25, -0.2) is 0 Å². The number of likely N-dealkylation sites (tertiary alicyclic amines) is 2. The molecule has 4 rings (SSSR count). The summed E-state index contributed by atoms with van der Waals surface area (Å²) in [7, 11) is 0. The topological polar surface area (TPSA) is 48.5 Å². The van der Waals surface area contributed by atoms with E-state index >= 15 is 0 Å². The van der Waals surface area contributed by atoms with Crippen LogP contribution in [0.3, 0.4) is 0 Å². The highest BCUT2D eigenvalue weighted by Crippen LogP contribution is 2.25. The van der Waals surface area contributed by atoms with Gasteiger partial charge in [-0.1, -0.05) is 6.07 Å². The van der Waals surface area contributed by atoms with Crippen molar-refractivity contribution in [2.24, 2.45) is 5.92 Å². The van der Waals surface area contributed by atoms with Crippen molar-refractivity contribution < 1.29 is 4.79 Å². The van der Waals surface area contributed by atoms with Gasteiger partial charge in [0.05, 0.1) is 18.2 Å². The van der Waals surface area contributed by atoms with Crippen molar-refractivity contribution in [1.82, 2.24) is 20.1 Å². The molecule has 150 valence electrons. The zero-order chi connectivity index (χ0) is 19.2. The number of aromatic nitrogens is 1. The predicted molar refractivity (Wildman–Crippen MR) is 113 cm³/mol. The number of hydrogen-bond acceptors (Lipinski definition) is 5. The molecule has 2 aliphatic rings. The third kappa shape index (κ3) is 5.19. The summed E-state index contributed by atoms with van der Waals surface area (Å²) in [6.45, 7) is 5.97. The first kappa shape index (κ1) is 19.6. The van der Waals surface area contributed by atoms with Gasteiger partial charge < -0.3 is 5.32 Å². The second kappa shape index (κ2) is 9.63. The second-order valence-corrected chi connectivity index (χ2v) is 8.79. The lowest BCUT2D eigenvalue weighted by Crippen LogP contribution is -2.50. The van der Waals surface area contributed by atoms with Crippen LogP contribution in [0, 0.1) is 5.92 Å².